The fourth-order valence-corrected chi connectivity index (χ4v) is 3.35. The van der Waals surface area contributed by atoms with Crippen LogP contribution < -0.4 is 15.8 Å². The van der Waals surface area contributed by atoms with Gasteiger partial charge in [-0.1, -0.05) is 15.9 Å². The number of amides is 1. The van der Waals surface area contributed by atoms with Crippen molar-refractivity contribution < 1.29 is 9.53 Å². The highest BCUT2D eigenvalue weighted by atomic mass is 79.9. The standard InChI is InChI=1S/C14H11Br3N2O2/c1-21-13-6-12(9(16)5-10(13)17)19-14(20)8-3-2-7(15)4-11(8)18/h2-6H,18H2,1H3,(H,19,20). The minimum atomic E-state index is -0.287. The molecular weight excluding hydrogens is 468 g/mol. The highest BCUT2D eigenvalue weighted by molar-refractivity contribution is 9.11. The summed E-state index contributed by atoms with van der Waals surface area (Å²) in [5.74, 6) is 0.336. The Morgan fingerprint density at radius 3 is 2.48 bits per heavy atom. The second-order valence-electron chi connectivity index (χ2n) is 4.15. The fourth-order valence-electron chi connectivity index (χ4n) is 1.71. The molecule has 0 aliphatic carbocycles. The molecule has 2 aromatic carbocycles. The second-order valence-corrected chi connectivity index (χ2v) is 6.78. The summed E-state index contributed by atoms with van der Waals surface area (Å²) >= 11 is 10.1. The maximum absolute atomic E-state index is 12.3. The van der Waals surface area contributed by atoms with Crippen LogP contribution in [-0.2, 0) is 0 Å². The van der Waals surface area contributed by atoms with Crippen LogP contribution in [0.25, 0.3) is 0 Å². The minimum absolute atomic E-state index is 0.287. The molecule has 0 fully saturated rings. The Morgan fingerprint density at radius 2 is 1.86 bits per heavy atom. The average molecular weight is 479 g/mol. The van der Waals surface area contributed by atoms with E-state index in [2.05, 4.69) is 53.1 Å². The summed E-state index contributed by atoms with van der Waals surface area (Å²) in [6, 6.07) is 8.65. The van der Waals surface area contributed by atoms with Crippen LogP contribution in [0.1, 0.15) is 10.4 Å². The third kappa shape index (κ3) is 3.78. The Balaban J connectivity index is 2.31. The Morgan fingerprint density at radius 1 is 1.14 bits per heavy atom. The first-order valence-corrected chi connectivity index (χ1v) is 8.19. The highest BCUT2D eigenvalue weighted by Crippen LogP contribution is 2.35. The van der Waals surface area contributed by atoms with Crippen molar-refractivity contribution in [1.29, 1.82) is 0 Å². The maximum Gasteiger partial charge on any atom is 0.257 e. The van der Waals surface area contributed by atoms with E-state index in [1.54, 1.807) is 37.4 Å². The maximum atomic E-state index is 12.3. The molecule has 21 heavy (non-hydrogen) atoms. The van der Waals surface area contributed by atoms with Gasteiger partial charge in [0, 0.05) is 20.7 Å². The van der Waals surface area contributed by atoms with Gasteiger partial charge in [-0.2, -0.15) is 0 Å². The average Bonchev–Trinajstić information content (AvgIpc) is 2.41. The van der Waals surface area contributed by atoms with E-state index in [4.69, 9.17) is 10.5 Å². The van der Waals surface area contributed by atoms with E-state index < -0.39 is 0 Å². The zero-order valence-electron chi connectivity index (χ0n) is 10.9. The largest absolute Gasteiger partial charge is 0.495 e. The first-order valence-electron chi connectivity index (χ1n) is 5.81. The molecule has 0 saturated carbocycles. The van der Waals surface area contributed by atoms with Gasteiger partial charge in [0.25, 0.3) is 5.91 Å². The van der Waals surface area contributed by atoms with Crippen LogP contribution >= 0.6 is 47.8 Å². The number of nitrogens with one attached hydrogen (secondary N) is 1. The normalized spacial score (nSPS) is 10.3. The van der Waals surface area contributed by atoms with Gasteiger partial charge in [0.15, 0.2) is 0 Å². The Bertz CT molecular complexity index is 705. The summed E-state index contributed by atoms with van der Waals surface area (Å²) < 4.78 is 7.56. The van der Waals surface area contributed by atoms with Crippen molar-refractivity contribution in [1.82, 2.24) is 0 Å². The van der Waals surface area contributed by atoms with Gasteiger partial charge in [-0.05, 0) is 56.1 Å². The van der Waals surface area contributed by atoms with Gasteiger partial charge in [0.1, 0.15) is 5.75 Å². The number of halogens is 3. The second kappa shape index (κ2) is 6.81. The van der Waals surface area contributed by atoms with E-state index >= 15 is 0 Å². The molecule has 2 rings (SSSR count). The summed E-state index contributed by atoms with van der Waals surface area (Å²) in [7, 11) is 1.56. The van der Waals surface area contributed by atoms with Crippen LogP contribution in [0.4, 0.5) is 11.4 Å². The number of rotatable bonds is 3. The van der Waals surface area contributed by atoms with Crippen LogP contribution in [-0.4, -0.2) is 13.0 Å². The smallest absolute Gasteiger partial charge is 0.257 e. The Hall–Kier alpha value is -1.05. The van der Waals surface area contributed by atoms with E-state index in [1.807, 2.05) is 0 Å². The molecule has 0 bridgehead atoms. The van der Waals surface area contributed by atoms with Gasteiger partial charge in [0.05, 0.1) is 22.8 Å². The predicted octanol–water partition coefficient (Wildman–Crippen LogP) is 4.82. The quantitative estimate of drug-likeness (QED) is 0.622. The number of carbonyl (C=O) groups excluding carboxylic acids is 1. The molecule has 3 N–H and O–H groups in total. The number of ether oxygens (including phenoxy) is 1. The minimum Gasteiger partial charge on any atom is -0.495 e. The van der Waals surface area contributed by atoms with E-state index in [9.17, 15) is 4.79 Å². The third-order valence-electron chi connectivity index (χ3n) is 2.75. The lowest BCUT2D eigenvalue weighted by molar-refractivity contribution is 0.102. The first-order chi connectivity index (χ1) is 9.92. The van der Waals surface area contributed by atoms with Crippen LogP contribution in [0.15, 0.2) is 43.7 Å². The van der Waals surface area contributed by atoms with Crippen molar-refractivity contribution in [3.63, 3.8) is 0 Å². The molecule has 0 aliphatic rings. The molecule has 0 radical (unpaired) electrons. The van der Waals surface area contributed by atoms with Crippen molar-refractivity contribution >= 4 is 65.1 Å². The summed E-state index contributed by atoms with van der Waals surface area (Å²) in [6.07, 6.45) is 0. The first kappa shape index (κ1) is 16.3. The monoisotopic (exact) mass is 476 g/mol. The molecule has 2 aromatic rings. The summed E-state index contributed by atoms with van der Waals surface area (Å²) in [6.45, 7) is 0. The van der Waals surface area contributed by atoms with Gasteiger partial charge in [-0.15, -0.1) is 0 Å². The van der Waals surface area contributed by atoms with E-state index in [-0.39, 0.29) is 5.91 Å². The van der Waals surface area contributed by atoms with Gasteiger partial charge in [-0.25, -0.2) is 0 Å². The number of hydrogen-bond donors (Lipinski definition) is 2. The van der Waals surface area contributed by atoms with Crippen molar-refractivity contribution in [3.8, 4) is 5.75 Å². The molecule has 0 atom stereocenters. The molecule has 110 valence electrons. The number of hydrogen-bond acceptors (Lipinski definition) is 3. The Labute approximate surface area is 147 Å². The summed E-state index contributed by atoms with van der Waals surface area (Å²) in [5.41, 5.74) is 7.27. The molecule has 1 amide bonds. The van der Waals surface area contributed by atoms with Gasteiger partial charge < -0.3 is 15.8 Å². The highest BCUT2D eigenvalue weighted by Gasteiger charge is 2.14. The van der Waals surface area contributed by atoms with Crippen molar-refractivity contribution in [2.75, 3.05) is 18.2 Å². The fraction of sp³-hybridized carbons (Fsp3) is 0.0714. The number of carbonyl (C=O) groups is 1. The number of methoxy groups -OCH3 is 1. The molecule has 0 unspecified atom stereocenters. The van der Waals surface area contributed by atoms with E-state index in [1.165, 1.54) is 0 Å². The lowest BCUT2D eigenvalue weighted by atomic mass is 10.1. The van der Waals surface area contributed by atoms with Crippen molar-refractivity contribution in [2.24, 2.45) is 0 Å². The number of nitrogen functional groups attached to an aromatic ring is 1. The lowest BCUT2D eigenvalue weighted by Gasteiger charge is -2.12. The van der Waals surface area contributed by atoms with Crippen LogP contribution in [0.3, 0.4) is 0 Å². The van der Waals surface area contributed by atoms with Crippen molar-refractivity contribution in [2.45, 2.75) is 0 Å². The SMILES string of the molecule is COc1cc(NC(=O)c2ccc(Br)cc2N)c(Br)cc1Br. The molecule has 0 spiro atoms. The number of anilines is 2. The van der Waals surface area contributed by atoms with Crippen molar-refractivity contribution in [3.05, 3.63) is 49.3 Å². The molecule has 7 heteroatoms. The molecule has 0 aliphatic heterocycles. The molecule has 0 heterocycles. The van der Waals surface area contributed by atoms with Gasteiger partial charge in [0.2, 0.25) is 0 Å². The van der Waals surface area contributed by atoms with Crippen LogP contribution in [0, 0.1) is 0 Å². The Kier molecular flexibility index (Phi) is 5.29. The molecular formula is C14H11Br3N2O2. The lowest BCUT2D eigenvalue weighted by Crippen LogP contribution is -2.14. The summed E-state index contributed by atoms with van der Waals surface area (Å²) in [5, 5.41) is 2.81. The molecule has 4 nitrogen and oxygen atoms in total. The predicted molar refractivity (Wildman–Crippen MR) is 94.9 cm³/mol. The molecule has 0 aromatic heterocycles. The topological polar surface area (TPSA) is 64.3 Å². The van der Waals surface area contributed by atoms with Crippen LogP contribution in [0.2, 0.25) is 0 Å². The zero-order valence-corrected chi connectivity index (χ0v) is 15.7. The van der Waals surface area contributed by atoms with E-state index in [0.29, 0.717) is 22.7 Å². The van der Waals surface area contributed by atoms with Crippen LogP contribution in [0.5, 0.6) is 5.75 Å². The summed E-state index contributed by atoms with van der Waals surface area (Å²) in [4.78, 5) is 12.3. The number of benzene rings is 2. The third-order valence-corrected chi connectivity index (χ3v) is 4.52. The number of nitrogens with two attached hydrogens (primary N) is 1. The zero-order chi connectivity index (χ0) is 15.6. The van der Waals surface area contributed by atoms with Gasteiger partial charge in [-0.3, -0.25) is 4.79 Å². The van der Waals surface area contributed by atoms with Gasteiger partial charge >= 0.3 is 0 Å². The molecule has 0 saturated heterocycles. The van der Waals surface area contributed by atoms with E-state index in [0.717, 1.165) is 13.4 Å².